The van der Waals surface area contributed by atoms with Gasteiger partial charge in [-0.25, -0.2) is 4.99 Å². The molecule has 4 heteroatoms. The Labute approximate surface area is 142 Å². The standard InChI is InChI=1S/C20H22N4/c1-2-21-20(23-14-16-8-4-3-5-9-16)24-15-17-12-13-22-19-11-7-6-10-18(17)19/h3-13H,2,14-15H2,1H3,(H2,21,23,24). The Balaban J connectivity index is 1.71. The minimum absolute atomic E-state index is 0.660. The number of rotatable bonds is 5. The van der Waals surface area contributed by atoms with Crippen LogP contribution in [0.4, 0.5) is 0 Å². The average Bonchev–Trinajstić information content (AvgIpc) is 2.65. The number of nitrogens with one attached hydrogen (secondary N) is 2. The second-order valence-electron chi connectivity index (χ2n) is 5.52. The zero-order valence-corrected chi connectivity index (χ0v) is 13.9. The SMILES string of the molecule is CCNC(=NCc1ccccc1)NCc1ccnc2ccccc12. The Hall–Kier alpha value is -2.88. The van der Waals surface area contributed by atoms with Crippen molar-refractivity contribution in [3.05, 3.63) is 78.0 Å². The maximum atomic E-state index is 4.66. The molecule has 24 heavy (non-hydrogen) atoms. The predicted octanol–water partition coefficient (Wildman–Crippen LogP) is 3.49. The second-order valence-corrected chi connectivity index (χ2v) is 5.52. The molecule has 0 radical (unpaired) electrons. The number of nitrogens with zero attached hydrogens (tertiary/aromatic N) is 2. The summed E-state index contributed by atoms with van der Waals surface area (Å²) < 4.78 is 0. The lowest BCUT2D eigenvalue weighted by Gasteiger charge is -2.12. The topological polar surface area (TPSA) is 49.3 Å². The van der Waals surface area contributed by atoms with Crippen LogP contribution in [0.2, 0.25) is 0 Å². The lowest BCUT2D eigenvalue weighted by atomic mass is 10.1. The van der Waals surface area contributed by atoms with Crippen LogP contribution in [0.5, 0.6) is 0 Å². The number of fused-ring (bicyclic) bond motifs is 1. The largest absolute Gasteiger partial charge is 0.357 e. The Morgan fingerprint density at radius 3 is 2.58 bits per heavy atom. The molecule has 1 heterocycles. The van der Waals surface area contributed by atoms with Gasteiger partial charge in [-0.15, -0.1) is 0 Å². The van der Waals surface area contributed by atoms with Gasteiger partial charge in [-0.05, 0) is 30.2 Å². The molecule has 0 aliphatic carbocycles. The lowest BCUT2D eigenvalue weighted by molar-refractivity contribution is 0.819. The number of hydrogen-bond acceptors (Lipinski definition) is 2. The van der Waals surface area contributed by atoms with E-state index in [0.29, 0.717) is 13.1 Å². The molecule has 0 bridgehead atoms. The van der Waals surface area contributed by atoms with Gasteiger partial charge in [-0.3, -0.25) is 4.98 Å². The highest BCUT2D eigenvalue weighted by molar-refractivity contribution is 5.83. The van der Waals surface area contributed by atoms with Gasteiger partial charge in [0.1, 0.15) is 0 Å². The Morgan fingerprint density at radius 1 is 0.958 bits per heavy atom. The molecular formula is C20H22N4. The first kappa shape index (κ1) is 16.0. The fourth-order valence-electron chi connectivity index (χ4n) is 2.58. The average molecular weight is 318 g/mol. The first-order valence-corrected chi connectivity index (χ1v) is 8.25. The number of hydrogen-bond donors (Lipinski definition) is 2. The molecular weight excluding hydrogens is 296 g/mol. The van der Waals surface area contributed by atoms with Gasteiger partial charge in [0.25, 0.3) is 0 Å². The van der Waals surface area contributed by atoms with Crippen molar-refractivity contribution in [2.24, 2.45) is 4.99 Å². The van der Waals surface area contributed by atoms with Crippen molar-refractivity contribution < 1.29 is 0 Å². The third-order valence-electron chi connectivity index (χ3n) is 3.79. The summed E-state index contributed by atoms with van der Waals surface area (Å²) in [7, 11) is 0. The van der Waals surface area contributed by atoms with E-state index in [9.17, 15) is 0 Å². The Morgan fingerprint density at radius 2 is 1.75 bits per heavy atom. The number of pyridine rings is 1. The van der Waals surface area contributed by atoms with E-state index < -0.39 is 0 Å². The van der Waals surface area contributed by atoms with Crippen LogP contribution in [-0.2, 0) is 13.1 Å². The highest BCUT2D eigenvalue weighted by atomic mass is 15.2. The molecule has 3 aromatic rings. The smallest absolute Gasteiger partial charge is 0.191 e. The molecule has 0 saturated carbocycles. The van der Waals surface area contributed by atoms with Gasteiger partial charge in [0.05, 0.1) is 12.1 Å². The van der Waals surface area contributed by atoms with Gasteiger partial charge in [0, 0.05) is 24.7 Å². The summed E-state index contributed by atoms with van der Waals surface area (Å²) in [6.07, 6.45) is 1.85. The molecule has 0 aliphatic rings. The molecule has 0 atom stereocenters. The maximum absolute atomic E-state index is 4.66. The fraction of sp³-hybridized carbons (Fsp3) is 0.200. The van der Waals surface area contributed by atoms with Crippen LogP contribution >= 0.6 is 0 Å². The van der Waals surface area contributed by atoms with E-state index in [1.165, 1.54) is 16.5 Å². The summed E-state index contributed by atoms with van der Waals surface area (Å²) in [6.45, 7) is 4.27. The van der Waals surface area contributed by atoms with Gasteiger partial charge < -0.3 is 10.6 Å². The van der Waals surface area contributed by atoms with Crippen LogP contribution in [-0.4, -0.2) is 17.5 Å². The fourth-order valence-corrected chi connectivity index (χ4v) is 2.58. The molecule has 4 nitrogen and oxygen atoms in total. The van der Waals surface area contributed by atoms with Crippen molar-refractivity contribution in [3.8, 4) is 0 Å². The Kier molecular flexibility index (Phi) is 5.40. The summed E-state index contributed by atoms with van der Waals surface area (Å²) in [5.41, 5.74) is 3.43. The Bertz CT molecular complexity index is 807. The molecule has 0 spiro atoms. The van der Waals surface area contributed by atoms with Crippen molar-refractivity contribution in [3.63, 3.8) is 0 Å². The van der Waals surface area contributed by atoms with Crippen molar-refractivity contribution in [2.45, 2.75) is 20.0 Å². The first-order valence-electron chi connectivity index (χ1n) is 8.25. The summed E-state index contributed by atoms with van der Waals surface area (Å²) in [6, 6.07) is 20.5. The zero-order valence-electron chi connectivity index (χ0n) is 13.9. The molecule has 122 valence electrons. The van der Waals surface area contributed by atoms with E-state index in [4.69, 9.17) is 0 Å². The summed E-state index contributed by atoms with van der Waals surface area (Å²) in [5.74, 6) is 0.822. The number of para-hydroxylation sites is 1. The third-order valence-corrected chi connectivity index (χ3v) is 3.79. The molecule has 0 aliphatic heterocycles. The van der Waals surface area contributed by atoms with E-state index in [1.807, 2.05) is 42.6 Å². The molecule has 0 amide bonds. The van der Waals surface area contributed by atoms with Gasteiger partial charge in [-0.2, -0.15) is 0 Å². The van der Waals surface area contributed by atoms with Crippen LogP contribution in [0.1, 0.15) is 18.1 Å². The molecule has 1 aromatic heterocycles. The second kappa shape index (κ2) is 8.11. The van der Waals surface area contributed by atoms with Gasteiger partial charge in [0.2, 0.25) is 0 Å². The molecule has 3 rings (SSSR count). The number of guanidine groups is 1. The first-order chi connectivity index (χ1) is 11.9. The van der Waals surface area contributed by atoms with E-state index in [-0.39, 0.29) is 0 Å². The van der Waals surface area contributed by atoms with Gasteiger partial charge in [0.15, 0.2) is 5.96 Å². The van der Waals surface area contributed by atoms with Crippen LogP contribution in [0, 0.1) is 0 Å². The highest BCUT2D eigenvalue weighted by Crippen LogP contribution is 2.15. The van der Waals surface area contributed by atoms with E-state index >= 15 is 0 Å². The van der Waals surface area contributed by atoms with Gasteiger partial charge in [-0.1, -0.05) is 48.5 Å². The maximum Gasteiger partial charge on any atom is 0.191 e. The molecule has 0 fully saturated rings. The predicted molar refractivity (Wildman–Crippen MR) is 99.8 cm³/mol. The number of benzene rings is 2. The molecule has 2 N–H and O–H groups in total. The zero-order chi connectivity index (χ0) is 16.6. The molecule has 0 unspecified atom stereocenters. The van der Waals surface area contributed by atoms with E-state index in [0.717, 1.165) is 18.0 Å². The van der Waals surface area contributed by atoms with Crippen molar-refractivity contribution in [1.29, 1.82) is 0 Å². The van der Waals surface area contributed by atoms with Crippen LogP contribution in [0.3, 0.4) is 0 Å². The van der Waals surface area contributed by atoms with Crippen molar-refractivity contribution >= 4 is 16.9 Å². The minimum Gasteiger partial charge on any atom is -0.357 e. The van der Waals surface area contributed by atoms with Gasteiger partial charge >= 0.3 is 0 Å². The monoisotopic (exact) mass is 318 g/mol. The molecule has 2 aromatic carbocycles. The normalized spacial score (nSPS) is 11.5. The summed E-state index contributed by atoms with van der Waals surface area (Å²) >= 11 is 0. The third kappa shape index (κ3) is 4.10. The van der Waals surface area contributed by atoms with Crippen LogP contribution < -0.4 is 10.6 Å². The van der Waals surface area contributed by atoms with Crippen molar-refractivity contribution in [1.82, 2.24) is 15.6 Å². The number of aromatic nitrogens is 1. The van der Waals surface area contributed by atoms with Crippen molar-refractivity contribution in [2.75, 3.05) is 6.54 Å². The lowest BCUT2D eigenvalue weighted by Crippen LogP contribution is -2.36. The van der Waals surface area contributed by atoms with Crippen LogP contribution in [0.25, 0.3) is 10.9 Å². The number of aliphatic imine (C=N–C) groups is 1. The molecule has 0 saturated heterocycles. The highest BCUT2D eigenvalue weighted by Gasteiger charge is 2.03. The minimum atomic E-state index is 0.660. The summed E-state index contributed by atoms with van der Waals surface area (Å²) in [5, 5.41) is 7.88. The van der Waals surface area contributed by atoms with Crippen LogP contribution in [0.15, 0.2) is 71.9 Å². The summed E-state index contributed by atoms with van der Waals surface area (Å²) in [4.78, 5) is 9.07. The quantitative estimate of drug-likeness (QED) is 0.559. The van der Waals surface area contributed by atoms with E-state index in [2.05, 4.69) is 51.8 Å². The van der Waals surface area contributed by atoms with E-state index in [1.54, 1.807) is 0 Å².